The highest BCUT2D eigenvalue weighted by Crippen LogP contribution is 2.22. The van der Waals surface area contributed by atoms with Crippen LogP contribution in [0.25, 0.3) is 11.4 Å². The van der Waals surface area contributed by atoms with Gasteiger partial charge in [0.15, 0.2) is 5.82 Å². The molecule has 5 nitrogen and oxygen atoms in total. The minimum atomic E-state index is -0.767. The molecule has 0 saturated heterocycles. The van der Waals surface area contributed by atoms with Crippen LogP contribution < -0.4 is 0 Å². The number of H-pyrrole nitrogens is 1. The standard InChI is InChI=1S/C13H15N3O2S/c1-9-5-2-3-6-10(9)12-14-13(16-15-12)19-8-4-7-11(17)18/h2-3,5-6H,4,7-8H2,1H3,(H,17,18)(H,14,15,16). The number of thioether (sulfide) groups is 1. The van der Waals surface area contributed by atoms with Gasteiger partial charge in [0.2, 0.25) is 5.16 Å². The molecule has 0 bridgehead atoms. The maximum Gasteiger partial charge on any atom is 0.303 e. The van der Waals surface area contributed by atoms with Crippen LogP contribution in [0.1, 0.15) is 18.4 Å². The van der Waals surface area contributed by atoms with E-state index in [9.17, 15) is 4.79 Å². The molecule has 0 atom stereocenters. The summed E-state index contributed by atoms with van der Waals surface area (Å²) in [6.45, 7) is 2.03. The van der Waals surface area contributed by atoms with Crippen LogP contribution in [0, 0.1) is 6.92 Å². The van der Waals surface area contributed by atoms with Crippen molar-refractivity contribution in [2.75, 3.05) is 5.75 Å². The molecule has 19 heavy (non-hydrogen) atoms. The number of rotatable bonds is 6. The van der Waals surface area contributed by atoms with E-state index in [0.29, 0.717) is 17.3 Å². The van der Waals surface area contributed by atoms with Gasteiger partial charge in [-0.25, -0.2) is 4.98 Å². The molecule has 0 aliphatic heterocycles. The van der Waals surface area contributed by atoms with E-state index in [-0.39, 0.29) is 6.42 Å². The van der Waals surface area contributed by atoms with Crippen LogP contribution in [0.2, 0.25) is 0 Å². The van der Waals surface area contributed by atoms with Crippen molar-refractivity contribution in [1.82, 2.24) is 15.2 Å². The van der Waals surface area contributed by atoms with Gasteiger partial charge in [0.25, 0.3) is 0 Å². The predicted octanol–water partition coefficient (Wildman–Crippen LogP) is 2.74. The van der Waals surface area contributed by atoms with Crippen molar-refractivity contribution in [2.45, 2.75) is 24.9 Å². The highest BCUT2D eigenvalue weighted by Gasteiger charge is 2.08. The number of benzene rings is 1. The lowest BCUT2D eigenvalue weighted by atomic mass is 10.1. The van der Waals surface area contributed by atoms with Crippen molar-refractivity contribution >= 4 is 17.7 Å². The zero-order chi connectivity index (χ0) is 13.7. The molecule has 0 radical (unpaired) electrons. The summed E-state index contributed by atoms with van der Waals surface area (Å²) >= 11 is 1.47. The van der Waals surface area contributed by atoms with Crippen molar-refractivity contribution in [2.24, 2.45) is 0 Å². The van der Waals surface area contributed by atoms with Crippen LogP contribution in [0.4, 0.5) is 0 Å². The smallest absolute Gasteiger partial charge is 0.303 e. The minimum Gasteiger partial charge on any atom is -0.481 e. The van der Waals surface area contributed by atoms with Crippen LogP contribution in [-0.2, 0) is 4.79 Å². The number of aromatic amines is 1. The Kier molecular flexibility index (Phi) is 4.57. The number of hydrogen-bond acceptors (Lipinski definition) is 4. The first kappa shape index (κ1) is 13.6. The normalized spacial score (nSPS) is 10.6. The number of nitrogens with zero attached hydrogens (tertiary/aromatic N) is 2. The highest BCUT2D eigenvalue weighted by atomic mass is 32.2. The predicted molar refractivity (Wildman–Crippen MR) is 74.1 cm³/mol. The van der Waals surface area contributed by atoms with E-state index in [2.05, 4.69) is 15.2 Å². The molecule has 0 saturated carbocycles. The maximum absolute atomic E-state index is 10.4. The molecule has 100 valence electrons. The molecular weight excluding hydrogens is 262 g/mol. The first-order chi connectivity index (χ1) is 9.16. The molecule has 2 aromatic rings. The van der Waals surface area contributed by atoms with Gasteiger partial charge in [-0.15, -0.1) is 5.10 Å². The van der Waals surface area contributed by atoms with E-state index in [0.717, 1.165) is 17.0 Å². The molecule has 0 aliphatic carbocycles. The summed E-state index contributed by atoms with van der Waals surface area (Å²) in [5.41, 5.74) is 2.17. The Morgan fingerprint density at radius 2 is 2.21 bits per heavy atom. The zero-order valence-corrected chi connectivity index (χ0v) is 11.4. The Morgan fingerprint density at radius 1 is 1.42 bits per heavy atom. The quantitative estimate of drug-likeness (QED) is 0.627. The average Bonchev–Trinajstić information content (AvgIpc) is 2.83. The van der Waals surface area contributed by atoms with Gasteiger partial charge in [0.1, 0.15) is 0 Å². The van der Waals surface area contributed by atoms with Gasteiger partial charge in [0.05, 0.1) is 0 Å². The SMILES string of the molecule is Cc1ccccc1-c1nc(SCCCC(=O)O)n[nH]1. The summed E-state index contributed by atoms with van der Waals surface area (Å²) in [6.07, 6.45) is 0.802. The number of aryl methyl sites for hydroxylation is 1. The highest BCUT2D eigenvalue weighted by molar-refractivity contribution is 7.99. The lowest BCUT2D eigenvalue weighted by Crippen LogP contribution is -1.94. The topological polar surface area (TPSA) is 78.9 Å². The molecule has 0 amide bonds. The monoisotopic (exact) mass is 277 g/mol. The average molecular weight is 277 g/mol. The van der Waals surface area contributed by atoms with Gasteiger partial charge in [-0.1, -0.05) is 36.0 Å². The summed E-state index contributed by atoms with van der Waals surface area (Å²) < 4.78 is 0. The van der Waals surface area contributed by atoms with E-state index >= 15 is 0 Å². The molecule has 1 aromatic heterocycles. The van der Waals surface area contributed by atoms with Crippen LogP contribution >= 0.6 is 11.8 Å². The second-order valence-corrected chi connectivity index (χ2v) is 5.19. The minimum absolute atomic E-state index is 0.183. The first-order valence-electron chi connectivity index (χ1n) is 6.00. The molecule has 2 rings (SSSR count). The first-order valence-corrected chi connectivity index (χ1v) is 6.98. The van der Waals surface area contributed by atoms with Gasteiger partial charge >= 0.3 is 5.97 Å². The molecule has 0 unspecified atom stereocenters. The van der Waals surface area contributed by atoms with Gasteiger partial charge in [0, 0.05) is 17.7 Å². The largest absolute Gasteiger partial charge is 0.481 e. The third-order valence-electron chi connectivity index (χ3n) is 2.63. The Bertz CT molecular complexity index is 569. The fourth-order valence-electron chi connectivity index (χ4n) is 1.66. The fraction of sp³-hybridized carbons (Fsp3) is 0.308. The maximum atomic E-state index is 10.4. The zero-order valence-electron chi connectivity index (χ0n) is 10.6. The number of aromatic nitrogens is 3. The molecule has 0 fully saturated rings. The van der Waals surface area contributed by atoms with E-state index in [1.165, 1.54) is 11.8 Å². The van der Waals surface area contributed by atoms with Gasteiger partial charge in [-0.2, -0.15) is 0 Å². The fourth-order valence-corrected chi connectivity index (χ4v) is 2.39. The lowest BCUT2D eigenvalue weighted by Gasteiger charge is -1.99. The number of carbonyl (C=O) groups is 1. The lowest BCUT2D eigenvalue weighted by molar-refractivity contribution is -0.137. The molecule has 0 aliphatic rings. The number of hydrogen-bond donors (Lipinski definition) is 2. The number of carboxylic acid groups (broad SMARTS) is 1. The van der Waals surface area contributed by atoms with E-state index in [1.54, 1.807) is 0 Å². The van der Waals surface area contributed by atoms with Crippen LogP contribution in [0.3, 0.4) is 0 Å². The molecular formula is C13H15N3O2S. The van der Waals surface area contributed by atoms with Gasteiger partial charge in [-0.05, 0) is 18.9 Å². The van der Waals surface area contributed by atoms with Crippen LogP contribution in [-0.4, -0.2) is 32.0 Å². The van der Waals surface area contributed by atoms with E-state index in [1.807, 2.05) is 31.2 Å². The number of carboxylic acids is 1. The van der Waals surface area contributed by atoms with Crippen molar-refractivity contribution in [3.05, 3.63) is 29.8 Å². The third kappa shape index (κ3) is 3.82. The Hall–Kier alpha value is -1.82. The van der Waals surface area contributed by atoms with Crippen molar-refractivity contribution in [3.63, 3.8) is 0 Å². The number of aliphatic carboxylic acids is 1. The Labute approximate surface area is 115 Å². The molecule has 1 aromatic carbocycles. The second kappa shape index (κ2) is 6.38. The molecule has 6 heteroatoms. The second-order valence-electron chi connectivity index (χ2n) is 4.13. The van der Waals surface area contributed by atoms with Gasteiger partial charge in [-0.3, -0.25) is 9.89 Å². The summed E-state index contributed by atoms with van der Waals surface area (Å²) in [5, 5.41) is 16.2. The van der Waals surface area contributed by atoms with Crippen molar-refractivity contribution in [3.8, 4) is 11.4 Å². The third-order valence-corrected chi connectivity index (χ3v) is 3.56. The molecule has 2 N–H and O–H groups in total. The molecule has 0 spiro atoms. The summed E-state index contributed by atoms with van der Waals surface area (Å²) in [6, 6.07) is 7.97. The van der Waals surface area contributed by atoms with Crippen molar-refractivity contribution < 1.29 is 9.90 Å². The van der Waals surface area contributed by atoms with Crippen LogP contribution in [0.15, 0.2) is 29.4 Å². The Balaban J connectivity index is 1.96. The summed E-state index contributed by atoms with van der Waals surface area (Å²) in [4.78, 5) is 14.8. The molecule has 1 heterocycles. The summed E-state index contributed by atoms with van der Waals surface area (Å²) in [5.74, 6) is 0.687. The Morgan fingerprint density at radius 3 is 2.95 bits per heavy atom. The van der Waals surface area contributed by atoms with Crippen molar-refractivity contribution in [1.29, 1.82) is 0 Å². The number of nitrogens with one attached hydrogen (secondary N) is 1. The van der Waals surface area contributed by atoms with Crippen LogP contribution in [0.5, 0.6) is 0 Å². The van der Waals surface area contributed by atoms with Gasteiger partial charge < -0.3 is 5.11 Å². The summed E-state index contributed by atoms with van der Waals surface area (Å²) in [7, 11) is 0. The van der Waals surface area contributed by atoms with E-state index in [4.69, 9.17) is 5.11 Å². The van der Waals surface area contributed by atoms with E-state index < -0.39 is 5.97 Å².